The number of halogens is 1. The number of likely N-dealkylation sites (tertiary alicyclic amines) is 1. The number of piperidine rings is 1. The largest absolute Gasteiger partial charge is 0.364 e. The third-order valence-corrected chi connectivity index (χ3v) is 7.77. The number of hydrogen-bond donors (Lipinski definition) is 1. The third kappa shape index (κ3) is 6.88. The summed E-state index contributed by atoms with van der Waals surface area (Å²) in [5, 5.41) is 3.51. The van der Waals surface area contributed by atoms with Gasteiger partial charge in [0.25, 0.3) is 5.91 Å². The number of amides is 1. The van der Waals surface area contributed by atoms with Crippen molar-refractivity contribution in [3.05, 3.63) is 88.0 Å². The second kappa shape index (κ2) is 12.5. The molecule has 1 unspecified atom stereocenters. The summed E-state index contributed by atoms with van der Waals surface area (Å²) in [5.74, 6) is -0.0747. The maximum Gasteiger partial charge on any atom is 0.253 e. The standard InChI is InChI=1S/C30H38ClN5O/c1-21-10-14-32-19-25(21)20-36(26-8-6-5-7-9-26)27-12-16-35(17-13-27)23(3)11-15-33-30(37)29-22(2)18-28(31)34-24(29)4/h5-10,14,18-19,23,27H,11-13,15-17,20H2,1-4H3,(H,33,37). The topological polar surface area (TPSA) is 61.4 Å². The zero-order valence-corrected chi connectivity index (χ0v) is 23.1. The highest BCUT2D eigenvalue weighted by Gasteiger charge is 2.27. The van der Waals surface area contributed by atoms with Crippen LogP contribution in [0.15, 0.2) is 54.9 Å². The first-order valence-corrected chi connectivity index (χ1v) is 13.6. The average Bonchev–Trinajstić information content (AvgIpc) is 2.88. The average molecular weight is 520 g/mol. The molecule has 3 aromatic rings. The van der Waals surface area contributed by atoms with Gasteiger partial charge in [0.2, 0.25) is 0 Å². The lowest BCUT2D eigenvalue weighted by atomic mass is 9.99. The van der Waals surface area contributed by atoms with Gasteiger partial charge in [0.15, 0.2) is 0 Å². The second-order valence-electron chi connectivity index (χ2n) is 10.1. The minimum atomic E-state index is -0.0747. The fraction of sp³-hybridized carbons (Fsp3) is 0.433. The lowest BCUT2D eigenvalue weighted by Gasteiger charge is -2.42. The van der Waals surface area contributed by atoms with Gasteiger partial charge in [-0.15, -0.1) is 0 Å². The molecule has 0 saturated carbocycles. The number of anilines is 1. The summed E-state index contributed by atoms with van der Waals surface area (Å²) in [4.78, 5) is 26.5. The number of pyridine rings is 2. The lowest BCUT2D eigenvalue weighted by molar-refractivity contribution is 0.0943. The predicted molar refractivity (Wildman–Crippen MR) is 151 cm³/mol. The molecular weight excluding hydrogens is 482 g/mol. The monoisotopic (exact) mass is 519 g/mol. The van der Waals surface area contributed by atoms with Crippen molar-refractivity contribution in [2.45, 2.75) is 65.6 Å². The first-order valence-electron chi connectivity index (χ1n) is 13.2. The number of rotatable bonds is 9. The van der Waals surface area contributed by atoms with Crippen molar-refractivity contribution in [3.63, 3.8) is 0 Å². The van der Waals surface area contributed by atoms with Crippen LogP contribution < -0.4 is 10.2 Å². The maximum absolute atomic E-state index is 12.8. The van der Waals surface area contributed by atoms with E-state index in [0.717, 1.165) is 44.5 Å². The highest BCUT2D eigenvalue weighted by molar-refractivity contribution is 6.29. The van der Waals surface area contributed by atoms with Crippen LogP contribution in [0.3, 0.4) is 0 Å². The molecule has 0 aliphatic carbocycles. The molecule has 1 aliphatic rings. The van der Waals surface area contributed by atoms with Gasteiger partial charge >= 0.3 is 0 Å². The molecule has 1 aromatic carbocycles. The van der Waals surface area contributed by atoms with E-state index >= 15 is 0 Å². The number of benzene rings is 1. The molecule has 3 heterocycles. The van der Waals surface area contributed by atoms with Crippen LogP contribution >= 0.6 is 11.6 Å². The maximum atomic E-state index is 12.8. The summed E-state index contributed by atoms with van der Waals surface area (Å²) >= 11 is 6.02. The van der Waals surface area contributed by atoms with E-state index in [1.165, 1.54) is 16.8 Å². The summed E-state index contributed by atoms with van der Waals surface area (Å²) in [6.45, 7) is 11.8. The molecule has 37 heavy (non-hydrogen) atoms. The molecule has 0 bridgehead atoms. The number of aromatic nitrogens is 2. The Hall–Kier alpha value is -2.96. The highest BCUT2D eigenvalue weighted by atomic mass is 35.5. The minimum Gasteiger partial charge on any atom is -0.364 e. The zero-order valence-electron chi connectivity index (χ0n) is 22.4. The van der Waals surface area contributed by atoms with Crippen LogP contribution in [0, 0.1) is 20.8 Å². The van der Waals surface area contributed by atoms with Gasteiger partial charge in [-0.25, -0.2) is 4.98 Å². The van der Waals surface area contributed by atoms with E-state index in [-0.39, 0.29) is 5.91 Å². The molecule has 2 aromatic heterocycles. The molecule has 1 amide bonds. The van der Waals surface area contributed by atoms with Crippen molar-refractivity contribution in [3.8, 4) is 0 Å². The van der Waals surface area contributed by atoms with Gasteiger partial charge in [0.1, 0.15) is 5.15 Å². The molecule has 1 N–H and O–H groups in total. The van der Waals surface area contributed by atoms with E-state index in [4.69, 9.17) is 11.6 Å². The second-order valence-corrected chi connectivity index (χ2v) is 10.5. The van der Waals surface area contributed by atoms with Crippen molar-refractivity contribution in [1.82, 2.24) is 20.2 Å². The van der Waals surface area contributed by atoms with Gasteiger partial charge in [-0.3, -0.25) is 9.78 Å². The van der Waals surface area contributed by atoms with E-state index in [0.29, 0.717) is 35.0 Å². The summed E-state index contributed by atoms with van der Waals surface area (Å²) in [6.07, 6.45) is 6.99. The van der Waals surface area contributed by atoms with Gasteiger partial charge in [-0.2, -0.15) is 0 Å². The van der Waals surface area contributed by atoms with Crippen molar-refractivity contribution in [2.75, 3.05) is 24.5 Å². The number of nitrogens with one attached hydrogen (secondary N) is 1. The van der Waals surface area contributed by atoms with Gasteiger partial charge in [-0.05, 0) is 87.9 Å². The Balaban J connectivity index is 1.32. The first-order chi connectivity index (χ1) is 17.8. The number of hydrogen-bond acceptors (Lipinski definition) is 5. The molecule has 196 valence electrons. The van der Waals surface area contributed by atoms with Crippen molar-refractivity contribution >= 4 is 23.2 Å². The molecular formula is C30H38ClN5O. The van der Waals surface area contributed by atoms with Gasteiger partial charge in [-0.1, -0.05) is 29.8 Å². The number of para-hydroxylation sites is 1. The Kier molecular flexibility index (Phi) is 9.17. The van der Waals surface area contributed by atoms with E-state index < -0.39 is 0 Å². The zero-order chi connectivity index (χ0) is 26.4. The van der Waals surface area contributed by atoms with Crippen LogP contribution in [0.4, 0.5) is 5.69 Å². The molecule has 1 aliphatic heterocycles. The van der Waals surface area contributed by atoms with Crippen LogP contribution in [0.25, 0.3) is 0 Å². The van der Waals surface area contributed by atoms with Crippen molar-refractivity contribution in [2.24, 2.45) is 0 Å². The Bertz CT molecular complexity index is 1170. The van der Waals surface area contributed by atoms with Crippen LogP contribution in [0.2, 0.25) is 5.15 Å². The summed E-state index contributed by atoms with van der Waals surface area (Å²) < 4.78 is 0. The molecule has 6 nitrogen and oxygen atoms in total. The van der Waals surface area contributed by atoms with Crippen LogP contribution in [0.1, 0.15) is 58.9 Å². The fourth-order valence-corrected chi connectivity index (χ4v) is 5.62. The third-order valence-electron chi connectivity index (χ3n) is 7.58. The lowest BCUT2D eigenvalue weighted by Crippen LogP contribution is -2.48. The van der Waals surface area contributed by atoms with Gasteiger partial charge in [0.05, 0.1) is 11.3 Å². The molecule has 7 heteroatoms. The van der Waals surface area contributed by atoms with E-state index in [1.807, 2.05) is 26.2 Å². The smallest absolute Gasteiger partial charge is 0.253 e. The number of aryl methyl sites for hydroxylation is 3. The minimum absolute atomic E-state index is 0.0747. The SMILES string of the molecule is Cc1ccncc1CN(c1ccccc1)C1CCN(C(C)CCNC(=O)c2c(C)cc(Cl)nc2C)CC1. The normalized spacial score (nSPS) is 15.4. The molecule has 1 fully saturated rings. The van der Waals surface area contributed by atoms with Gasteiger partial charge in [0, 0.05) is 56.3 Å². The number of nitrogens with zero attached hydrogens (tertiary/aromatic N) is 4. The Morgan fingerprint density at radius 2 is 1.86 bits per heavy atom. The van der Waals surface area contributed by atoms with Gasteiger partial charge < -0.3 is 15.1 Å². The summed E-state index contributed by atoms with van der Waals surface area (Å²) in [5.41, 5.74) is 5.98. The quantitative estimate of drug-likeness (QED) is 0.365. The molecule has 1 saturated heterocycles. The van der Waals surface area contributed by atoms with Crippen LogP contribution in [0.5, 0.6) is 0 Å². The molecule has 1 atom stereocenters. The van der Waals surface area contributed by atoms with Crippen molar-refractivity contribution in [1.29, 1.82) is 0 Å². The molecule has 0 spiro atoms. The van der Waals surface area contributed by atoms with Crippen molar-refractivity contribution < 1.29 is 4.79 Å². The first kappa shape index (κ1) is 27.1. The molecule has 4 rings (SSSR count). The van der Waals surface area contributed by atoms with Crippen LogP contribution in [-0.2, 0) is 6.54 Å². The number of carbonyl (C=O) groups is 1. The van der Waals surface area contributed by atoms with Crippen LogP contribution in [-0.4, -0.2) is 52.5 Å². The Morgan fingerprint density at radius 3 is 2.54 bits per heavy atom. The highest BCUT2D eigenvalue weighted by Crippen LogP contribution is 2.27. The Morgan fingerprint density at radius 1 is 1.14 bits per heavy atom. The Labute approximate surface area is 226 Å². The number of carbonyl (C=O) groups excluding carboxylic acids is 1. The van der Waals surface area contributed by atoms with E-state index in [2.05, 4.69) is 75.3 Å². The summed E-state index contributed by atoms with van der Waals surface area (Å²) in [6, 6.07) is 15.4. The molecule has 0 radical (unpaired) electrons. The van der Waals surface area contributed by atoms with E-state index in [1.54, 1.807) is 6.07 Å². The van der Waals surface area contributed by atoms with E-state index in [9.17, 15) is 4.79 Å². The fourth-order valence-electron chi connectivity index (χ4n) is 5.33. The summed E-state index contributed by atoms with van der Waals surface area (Å²) in [7, 11) is 0. The predicted octanol–water partition coefficient (Wildman–Crippen LogP) is 5.73.